The highest BCUT2D eigenvalue weighted by molar-refractivity contribution is 5.99. The molecule has 0 fully saturated rings. The molecule has 24 heavy (non-hydrogen) atoms. The third kappa shape index (κ3) is 2.28. The van der Waals surface area contributed by atoms with E-state index in [1.807, 2.05) is 18.2 Å². The number of H-pyrrole nitrogens is 1. The fourth-order valence-electron chi connectivity index (χ4n) is 3.32. The van der Waals surface area contributed by atoms with Gasteiger partial charge in [-0.25, -0.2) is 0 Å². The molecule has 2 aromatic carbocycles. The molecule has 122 valence electrons. The Morgan fingerprint density at radius 2 is 1.75 bits per heavy atom. The first-order valence-electron chi connectivity index (χ1n) is 7.69. The second-order valence-corrected chi connectivity index (χ2v) is 5.94. The lowest BCUT2D eigenvalue weighted by Crippen LogP contribution is -2.12. The summed E-state index contributed by atoms with van der Waals surface area (Å²) in [5.74, 6) is 0. The van der Waals surface area contributed by atoms with E-state index in [2.05, 4.69) is 16.9 Å². The van der Waals surface area contributed by atoms with E-state index in [-0.39, 0.29) is 0 Å². The minimum atomic E-state index is -4.32. The zero-order chi connectivity index (χ0) is 16.9. The number of alkyl halides is 3. The van der Waals surface area contributed by atoms with Gasteiger partial charge in [0.05, 0.1) is 5.56 Å². The molecule has 0 saturated carbocycles. The van der Waals surface area contributed by atoms with Gasteiger partial charge in [0.25, 0.3) is 0 Å². The predicted molar refractivity (Wildman–Crippen MR) is 89.5 cm³/mol. The number of aromatic amines is 1. The zero-order valence-corrected chi connectivity index (χ0v) is 12.8. The molecule has 0 atom stereocenters. The van der Waals surface area contributed by atoms with Crippen LogP contribution in [-0.4, -0.2) is 11.5 Å². The number of nitrogens with one attached hydrogen (secondary N) is 2. The molecule has 2 N–H and O–H groups in total. The Kier molecular flexibility index (Phi) is 3.20. The highest BCUT2D eigenvalue weighted by Gasteiger charge is 2.30. The van der Waals surface area contributed by atoms with Gasteiger partial charge in [-0.15, -0.1) is 0 Å². The van der Waals surface area contributed by atoms with Gasteiger partial charge in [0.15, 0.2) is 0 Å². The number of hydrogen-bond donors (Lipinski definition) is 2. The Morgan fingerprint density at radius 1 is 1.00 bits per heavy atom. The monoisotopic (exact) mass is 328 g/mol. The van der Waals surface area contributed by atoms with Crippen LogP contribution in [0, 0.1) is 0 Å². The van der Waals surface area contributed by atoms with Crippen LogP contribution in [0.4, 0.5) is 13.2 Å². The molecule has 0 saturated heterocycles. The summed E-state index contributed by atoms with van der Waals surface area (Å²) < 4.78 is 38.3. The van der Waals surface area contributed by atoms with Crippen molar-refractivity contribution in [3.05, 3.63) is 65.7 Å². The first kappa shape index (κ1) is 14.9. The minimum absolute atomic E-state index is 0.635. The molecular weight excluding hydrogens is 313 g/mol. The fraction of sp³-hybridized carbons (Fsp3) is 0.158. The van der Waals surface area contributed by atoms with E-state index in [9.17, 15) is 13.2 Å². The lowest BCUT2D eigenvalue weighted by atomic mass is 9.99. The maximum Gasteiger partial charge on any atom is 0.416 e. The van der Waals surface area contributed by atoms with Crippen LogP contribution in [-0.2, 0) is 12.6 Å². The molecule has 0 spiro atoms. The van der Waals surface area contributed by atoms with Crippen LogP contribution in [0.3, 0.4) is 0 Å². The van der Waals surface area contributed by atoms with E-state index in [1.54, 1.807) is 0 Å². The first-order valence-corrected chi connectivity index (χ1v) is 7.69. The van der Waals surface area contributed by atoms with Crippen molar-refractivity contribution in [2.24, 2.45) is 0 Å². The molecule has 5 heteroatoms. The maximum absolute atomic E-state index is 12.8. The summed E-state index contributed by atoms with van der Waals surface area (Å²) in [5, 5.41) is 4.39. The van der Waals surface area contributed by atoms with Crippen molar-refractivity contribution in [3.8, 4) is 11.3 Å². The van der Waals surface area contributed by atoms with Crippen molar-refractivity contribution in [2.45, 2.75) is 12.6 Å². The van der Waals surface area contributed by atoms with Crippen LogP contribution in [0.5, 0.6) is 0 Å². The van der Waals surface area contributed by atoms with Crippen LogP contribution in [0.15, 0.2) is 49.0 Å². The van der Waals surface area contributed by atoms with E-state index in [4.69, 9.17) is 0 Å². The van der Waals surface area contributed by atoms with Crippen LogP contribution in [0.25, 0.3) is 27.9 Å². The number of benzene rings is 2. The van der Waals surface area contributed by atoms with Crippen LogP contribution < -0.4 is 5.32 Å². The van der Waals surface area contributed by atoms with Crippen LogP contribution in [0.1, 0.15) is 16.7 Å². The van der Waals surface area contributed by atoms with E-state index in [1.165, 1.54) is 12.1 Å². The summed E-state index contributed by atoms with van der Waals surface area (Å²) in [7, 11) is 0. The molecule has 0 aliphatic carbocycles. The summed E-state index contributed by atoms with van der Waals surface area (Å²) in [6.07, 6.45) is -3.54. The Labute approximate surface area is 137 Å². The Morgan fingerprint density at radius 3 is 2.46 bits per heavy atom. The number of hydrogen-bond acceptors (Lipinski definition) is 1. The first-order chi connectivity index (χ1) is 11.4. The summed E-state index contributed by atoms with van der Waals surface area (Å²) >= 11 is 0. The van der Waals surface area contributed by atoms with Crippen molar-refractivity contribution in [2.75, 3.05) is 6.54 Å². The van der Waals surface area contributed by atoms with Crippen molar-refractivity contribution < 1.29 is 13.2 Å². The molecule has 1 aliphatic heterocycles. The Balaban J connectivity index is 1.90. The molecular formula is C19H15F3N2. The van der Waals surface area contributed by atoms with Crippen LogP contribution in [0.2, 0.25) is 0 Å². The quantitative estimate of drug-likeness (QED) is 0.648. The van der Waals surface area contributed by atoms with E-state index in [0.29, 0.717) is 0 Å². The number of halogens is 3. The van der Waals surface area contributed by atoms with Gasteiger partial charge in [-0.3, -0.25) is 0 Å². The number of aromatic nitrogens is 1. The minimum Gasteiger partial charge on any atom is -0.385 e. The van der Waals surface area contributed by atoms with Crippen LogP contribution >= 0.6 is 0 Å². The summed E-state index contributed by atoms with van der Waals surface area (Å²) in [5.41, 5.74) is 5.00. The van der Waals surface area contributed by atoms with E-state index < -0.39 is 11.7 Å². The van der Waals surface area contributed by atoms with Gasteiger partial charge in [0, 0.05) is 34.4 Å². The SMILES string of the molecule is C=C1NCCc2c(-c3ccc(C(F)(F)F)cc3)[nH]c3cccc1c23. The van der Waals surface area contributed by atoms with Gasteiger partial charge in [-0.2, -0.15) is 13.2 Å². The molecule has 1 aromatic heterocycles. The Bertz CT molecular complexity index is 934. The van der Waals surface area contributed by atoms with Gasteiger partial charge >= 0.3 is 6.18 Å². The third-order valence-corrected chi connectivity index (χ3v) is 4.47. The van der Waals surface area contributed by atoms with E-state index in [0.717, 1.165) is 64.1 Å². The average Bonchev–Trinajstić information content (AvgIpc) is 2.83. The van der Waals surface area contributed by atoms with E-state index >= 15 is 0 Å². The molecule has 2 nitrogen and oxygen atoms in total. The van der Waals surface area contributed by atoms with Crippen molar-refractivity contribution in [1.29, 1.82) is 0 Å². The smallest absolute Gasteiger partial charge is 0.385 e. The molecule has 4 rings (SSSR count). The highest BCUT2D eigenvalue weighted by Crippen LogP contribution is 2.37. The molecule has 0 bridgehead atoms. The van der Waals surface area contributed by atoms with Crippen molar-refractivity contribution in [1.82, 2.24) is 10.3 Å². The van der Waals surface area contributed by atoms with Gasteiger partial charge in [0.2, 0.25) is 0 Å². The normalized spacial score (nSPS) is 14.5. The summed E-state index contributed by atoms with van der Waals surface area (Å²) in [6.45, 7) is 4.81. The molecule has 1 aliphatic rings. The van der Waals surface area contributed by atoms with Gasteiger partial charge in [0.1, 0.15) is 0 Å². The average molecular weight is 328 g/mol. The van der Waals surface area contributed by atoms with Crippen molar-refractivity contribution >= 4 is 16.6 Å². The lowest BCUT2D eigenvalue weighted by molar-refractivity contribution is -0.137. The zero-order valence-electron chi connectivity index (χ0n) is 12.8. The second-order valence-electron chi connectivity index (χ2n) is 5.94. The molecule has 0 amide bonds. The van der Waals surface area contributed by atoms with Gasteiger partial charge in [-0.05, 0) is 35.7 Å². The fourth-order valence-corrected chi connectivity index (χ4v) is 3.32. The summed E-state index contributed by atoms with van der Waals surface area (Å²) in [4.78, 5) is 3.37. The molecule has 0 unspecified atom stereocenters. The largest absolute Gasteiger partial charge is 0.416 e. The molecule has 3 aromatic rings. The lowest BCUT2D eigenvalue weighted by Gasteiger charge is -2.08. The third-order valence-electron chi connectivity index (χ3n) is 4.47. The van der Waals surface area contributed by atoms with Crippen molar-refractivity contribution in [3.63, 3.8) is 0 Å². The summed E-state index contributed by atoms with van der Waals surface area (Å²) in [6, 6.07) is 11.2. The standard InChI is InChI=1S/C19H15F3N2/c1-11-14-3-2-4-16-17(14)15(9-10-23-11)18(24-16)12-5-7-13(8-6-12)19(20,21)22/h2-8,23-24H,1,9-10H2. The number of rotatable bonds is 1. The highest BCUT2D eigenvalue weighted by atomic mass is 19.4. The Hall–Kier alpha value is -2.69. The molecule has 2 heterocycles. The van der Waals surface area contributed by atoms with Gasteiger partial charge < -0.3 is 10.3 Å². The molecule has 0 radical (unpaired) electrons. The van der Waals surface area contributed by atoms with Gasteiger partial charge in [-0.1, -0.05) is 30.8 Å². The topological polar surface area (TPSA) is 27.8 Å². The maximum atomic E-state index is 12.8. The predicted octanol–water partition coefficient (Wildman–Crippen LogP) is 4.97. The second kappa shape index (κ2) is 5.16.